The van der Waals surface area contributed by atoms with Crippen LogP contribution in [0.4, 0.5) is 0 Å². The Labute approximate surface area is 117 Å². The Bertz CT molecular complexity index is 769. The summed E-state index contributed by atoms with van der Waals surface area (Å²) in [5, 5.41) is 2.57. The molecule has 4 rings (SSSR count). The van der Waals surface area contributed by atoms with Crippen LogP contribution in [0.25, 0.3) is 21.8 Å². The average Bonchev–Trinajstić information content (AvgIpc) is 3.12. The van der Waals surface area contributed by atoms with E-state index in [2.05, 4.69) is 54.0 Å². The highest BCUT2D eigenvalue weighted by atomic mass is 16.7. The highest BCUT2D eigenvalue weighted by Crippen LogP contribution is 2.32. The maximum atomic E-state index is 5.60. The van der Waals surface area contributed by atoms with Crippen LogP contribution >= 0.6 is 0 Å². The van der Waals surface area contributed by atoms with Crippen LogP contribution in [0.5, 0.6) is 0 Å². The van der Waals surface area contributed by atoms with E-state index in [4.69, 9.17) is 9.47 Å². The summed E-state index contributed by atoms with van der Waals surface area (Å²) in [5.41, 5.74) is 3.67. The minimum Gasteiger partial charge on any atom is -0.346 e. The number of hydrogen-bond acceptors (Lipinski definition) is 2. The first-order valence-corrected chi connectivity index (χ1v) is 7.12. The number of fused-ring (bicyclic) bond motifs is 3. The van der Waals surface area contributed by atoms with Crippen LogP contribution in [0.3, 0.4) is 0 Å². The molecule has 3 heteroatoms. The first-order chi connectivity index (χ1) is 9.88. The quantitative estimate of drug-likeness (QED) is 0.704. The normalized spacial score (nSPS) is 16.4. The van der Waals surface area contributed by atoms with Gasteiger partial charge in [-0.1, -0.05) is 24.3 Å². The van der Waals surface area contributed by atoms with Crippen LogP contribution in [0.1, 0.15) is 18.8 Å². The van der Waals surface area contributed by atoms with Gasteiger partial charge in [0.1, 0.15) is 0 Å². The van der Waals surface area contributed by atoms with Crippen molar-refractivity contribution in [2.45, 2.75) is 19.8 Å². The van der Waals surface area contributed by atoms with Crippen molar-refractivity contribution in [2.24, 2.45) is 0 Å². The predicted molar refractivity (Wildman–Crippen MR) is 79.8 cm³/mol. The number of hydrogen-bond donors (Lipinski definition) is 0. The molecule has 0 saturated carbocycles. The van der Waals surface area contributed by atoms with Crippen molar-refractivity contribution < 1.29 is 9.47 Å². The smallest absolute Gasteiger partial charge is 0.184 e. The number of aromatic nitrogens is 1. The number of nitrogens with zero attached hydrogens (tertiary/aromatic N) is 1. The molecule has 1 aliphatic heterocycles. The number of ether oxygens (including phenoxy) is 2. The molecule has 2 aromatic carbocycles. The molecule has 0 radical (unpaired) electrons. The van der Waals surface area contributed by atoms with Crippen molar-refractivity contribution in [3.05, 3.63) is 48.0 Å². The monoisotopic (exact) mass is 267 g/mol. The largest absolute Gasteiger partial charge is 0.346 e. The zero-order chi connectivity index (χ0) is 13.5. The zero-order valence-electron chi connectivity index (χ0n) is 11.5. The SMILES string of the molecule is CCn1c2ccccc2c2cc(C3OCCO3)ccc21. The van der Waals surface area contributed by atoms with Gasteiger partial charge in [0.2, 0.25) is 0 Å². The van der Waals surface area contributed by atoms with Crippen LogP contribution in [0.2, 0.25) is 0 Å². The van der Waals surface area contributed by atoms with E-state index in [-0.39, 0.29) is 6.29 Å². The molecular weight excluding hydrogens is 250 g/mol. The summed E-state index contributed by atoms with van der Waals surface area (Å²) < 4.78 is 13.6. The molecule has 102 valence electrons. The average molecular weight is 267 g/mol. The highest BCUT2D eigenvalue weighted by Gasteiger charge is 2.19. The molecular formula is C17H17NO2. The fraction of sp³-hybridized carbons (Fsp3) is 0.294. The molecule has 0 unspecified atom stereocenters. The van der Waals surface area contributed by atoms with Gasteiger partial charge in [0.25, 0.3) is 0 Å². The molecule has 1 aliphatic rings. The number of benzene rings is 2. The standard InChI is InChI=1S/C17H17NO2/c1-2-18-15-6-4-3-5-13(15)14-11-12(7-8-16(14)18)17-19-9-10-20-17/h3-8,11,17H,2,9-10H2,1H3. The number of rotatable bonds is 2. The van der Waals surface area contributed by atoms with Crippen LogP contribution in [0, 0.1) is 0 Å². The van der Waals surface area contributed by atoms with E-state index < -0.39 is 0 Å². The molecule has 2 heterocycles. The van der Waals surface area contributed by atoms with Crippen molar-refractivity contribution in [2.75, 3.05) is 13.2 Å². The van der Waals surface area contributed by atoms with Crippen LogP contribution in [-0.2, 0) is 16.0 Å². The number of aryl methyl sites for hydroxylation is 1. The first-order valence-electron chi connectivity index (χ1n) is 7.12. The van der Waals surface area contributed by atoms with Gasteiger partial charge < -0.3 is 14.0 Å². The lowest BCUT2D eigenvalue weighted by atomic mass is 10.1. The maximum absolute atomic E-state index is 5.60. The van der Waals surface area contributed by atoms with Gasteiger partial charge in [0.05, 0.1) is 13.2 Å². The fourth-order valence-electron chi connectivity index (χ4n) is 3.11. The molecule has 3 nitrogen and oxygen atoms in total. The number of para-hydroxylation sites is 1. The molecule has 0 spiro atoms. The Kier molecular flexibility index (Phi) is 2.76. The Morgan fingerprint density at radius 2 is 1.75 bits per heavy atom. The molecule has 0 aliphatic carbocycles. The minimum absolute atomic E-state index is 0.205. The molecule has 3 aromatic rings. The van der Waals surface area contributed by atoms with Crippen molar-refractivity contribution in [3.8, 4) is 0 Å². The molecule has 0 atom stereocenters. The third kappa shape index (κ3) is 1.67. The van der Waals surface area contributed by atoms with E-state index in [1.807, 2.05) is 0 Å². The molecule has 0 bridgehead atoms. The first kappa shape index (κ1) is 11.9. The lowest BCUT2D eigenvalue weighted by Crippen LogP contribution is -1.98. The van der Waals surface area contributed by atoms with Crippen molar-refractivity contribution in [1.29, 1.82) is 0 Å². The van der Waals surface area contributed by atoms with E-state index in [1.165, 1.54) is 21.8 Å². The molecule has 0 amide bonds. The van der Waals surface area contributed by atoms with Gasteiger partial charge in [-0.3, -0.25) is 0 Å². The van der Waals surface area contributed by atoms with Gasteiger partial charge in [0.15, 0.2) is 6.29 Å². The molecule has 1 saturated heterocycles. The highest BCUT2D eigenvalue weighted by molar-refractivity contribution is 6.08. The second-order valence-corrected chi connectivity index (χ2v) is 5.11. The van der Waals surface area contributed by atoms with E-state index >= 15 is 0 Å². The van der Waals surface area contributed by atoms with Gasteiger partial charge in [-0.2, -0.15) is 0 Å². The third-order valence-corrected chi connectivity index (χ3v) is 4.01. The zero-order valence-corrected chi connectivity index (χ0v) is 11.5. The summed E-state index contributed by atoms with van der Waals surface area (Å²) in [7, 11) is 0. The van der Waals surface area contributed by atoms with Gasteiger partial charge in [-0.25, -0.2) is 0 Å². The lowest BCUT2D eigenvalue weighted by Gasteiger charge is -2.09. The van der Waals surface area contributed by atoms with E-state index in [0.29, 0.717) is 13.2 Å². The Morgan fingerprint density at radius 1 is 1.00 bits per heavy atom. The summed E-state index contributed by atoms with van der Waals surface area (Å²) in [5.74, 6) is 0. The summed E-state index contributed by atoms with van der Waals surface area (Å²) >= 11 is 0. The lowest BCUT2D eigenvalue weighted by molar-refractivity contribution is -0.0440. The second kappa shape index (κ2) is 4.62. The van der Waals surface area contributed by atoms with Crippen molar-refractivity contribution in [3.63, 3.8) is 0 Å². The van der Waals surface area contributed by atoms with Gasteiger partial charge >= 0.3 is 0 Å². The minimum atomic E-state index is -0.205. The second-order valence-electron chi connectivity index (χ2n) is 5.11. The summed E-state index contributed by atoms with van der Waals surface area (Å²) in [6, 6.07) is 15.1. The van der Waals surface area contributed by atoms with Crippen LogP contribution in [-0.4, -0.2) is 17.8 Å². The van der Waals surface area contributed by atoms with Gasteiger partial charge in [-0.05, 0) is 25.1 Å². The van der Waals surface area contributed by atoms with Crippen LogP contribution in [0.15, 0.2) is 42.5 Å². The Balaban J connectivity index is 1.99. The molecule has 0 N–H and O–H groups in total. The molecule has 1 aromatic heterocycles. The Morgan fingerprint density at radius 3 is 2.55 bits per heavy atom. The third-order valence-electron chi connectivity index (χ3n) is 4.01. The fourth-order valence-corrected chi connectivity index (χ4v) is 3.11. The van der Waals surface area contributed by atoms with Crippen LogP contribution < -0.4 is 0 Å². The van der Waals surface area contributed by atoms with Crippen molar-refractivity contribution in [1.82, 2.24) is 4.57 Å². The molecule has 1 fully saturated rings. The van der Waals surface area contributed by atoms with Gasteiger partial charge in [-0.15, -0.1) is 0 Å². The Hall–Kier alpha value is -1.84. The van der Waals surface area contributed by atoms with E-state index in [0.717, 1.165) is 12.1 Å². The maximum Gasteiger partial charge on any atom is 0.184 e. The predicted octanol–water partition coefficient (Wildman–Crippen LogP) is 3.86. The van der Waals surface area contributed by atoms with E-state index in [1.54, 1.807) is 0 Å². The molecule has 20 heavy (non-hydrogen) atoms. The summed E-state index contributed by atoms with van der Waals surface area (Å²) in [6.07, 6.45) is -0.205. The summed E-state index contributed by atoms with van der Waals surface area (Å²) in [4.78, 5) is 0. The van der Waals surface area contributed by atoms with E-state index in [9.17, 15) is 0 Å². The van der Waals surface area contributed by atoms with Crippen molar-refractivity contribution >= 4 is 21.8 Å². The summed E-state index contributed by atoms with van der Waals surface area (Å²) in [6.45, 7) is 4.52. The topological polar surface area (TPSA) is 23.4 Å². The van der Waals surface area contributed by atoms with Gasteiger partial charge in [0, 0.05) is 33.9 Å².